The van der Waals surface area contributed by atoms with E-state index in [9.17, 15) is 4.79 Å². The van der Waals surface area contributed by atoms with E-state index in [1.165, 1.54) is 11.3 Å². The van der Waals surface area contributed by atoms with Gasteiger partial charge >= 0.3 is 0 Å². The van der Waals surface area contributed by atoms with Gasteiger partial charge < -0.3 is 16.8 Å². The van der Waals surface area contributed by atoms with Gasteiger partial charge in [0.25, 0.3) is 5.91 Å². The van der Waals surface area contributed by atoms with Crippen molar-refractivity contribution in [3.63, 3.8) is 0 Å². The Bertz CT molecular complexity index is 723. The van der Waals surface area contributed by atoms with Gasteiger partial charge in [-0.25, -0.2) is 4.98 Å². The molecular formula is C16H19N5OS2. The first-order valence-electron chi connectivity index (χ1n) is 7.20. The number of nitrogens with zero attached hydrogens (tertiary/aromatic N) is 2. The number of guanidine groups is 1. The van der Waals surface area contributed by atoms with Crippen LogP contribution in [0.5, 0.6) is 0 Å². The zero-order valence-electron chi connectivity index (χ0n) is 13.1. The first kappa shape index (κ1) is 18.0. The summed E-state index contributed by atoms with van der Waals surface area (Å²) < 4.78 is 0. The molecule has 0 aliphatic rings. The van der Waals surface area contributed by atoms with Crippen LogP contribution in [0.1, 0.15) is 22.5 Å². The summed E-state index contributed by atoms with van der Waals surface area (Å²) in [7, 11) is 0. The normalized spacial score (nSPS) is 10.2. The van der Waals surface area contributed by atoms with E-state index in [0.29, 0.717) is 22.8 Å². The summed E-state index contributed by atoms with van der Waals surface area (Å²) in [4.78, 5) is 20.2. The molecule has 2 aromatic rings. The SMILES string of the molecule is C=C(CCSCc1csc(N=C(N)N)n1)NC(=O)c1ccccc1. The molecule has 0 radical (unpaired) electrons. The number of amides is 1. The Morgan fingerprint density at radius 3 is 2.79 bits per heavy atom. The van der Waals surface area contributed by atoms with Crippen LogP contribution in [0.3, 0.4) is 0 Å². The van der Waals surface area contributed by atoms with Gasteiger partial charge in [0.05, 0.1) is 5.69 Å². The summed E-state index contributed by atoms with van der Waals surface area (Å²) in [5.41, 5.74) is 12.9. The van der Waals surface area contributed by atoms with Gasteiger partial charge in [0.2, 0.25) is 5.13 Å². The van der Waals surface area contributed by atoms with E-state index < -0.39 is 0 Å². The number of carbonyl (C=O) groups excluding carboxylic acids is 1. The van der Waals surface area contributed by atoms with Crippen LogP contribution in [-0.2, 0) is 5.75 Å². The lowest BCUT2D eigenvalue weighted by atomic mass is 10.2. The van der Waals surface area contributed by atoms with Crippen molar-refractivity contribution in [2.24, 2.45) is 16.5 Å². The number of hydrogen-bond donors (Lipinski definition) is 3. The quantitative estimate of drug-likeness (QED) is 0.381. The molecule has 1 heterocycles. The minimum Gasteiger partial charge on any atom is -0.370 e. The molecule has 0 unspecified atom stereocenters. The number of aromatic nitrogens is 1. The van der Waals surface area contributed by atoms with E-state index in [1.807, 2.05) is 23.6 Å². The van der Waals surface area contributed by atoms with Gasteiger partial charge in [-0.1, -0.05) is 24.8 Å². The topological polar surface area (TPSA) is 106 Å². The van der Waals surface area contributed by atoms with Gasteiger partial charge in [-0.05, 0) is 24.3 Å². The molecule has 5 N–H and O–H groups in total. The van der Waals surface area contributed by atoms with Crippen LogP contribution in [0.15, 0.2) is 53.0 Å². The van der Waals surface area contributed by atoms with Gasteiger partial charge in [0, 0.05) is 22.4 Å². The third-order valence-electron chi connectivity index (χ3n) is 2.89. The van der Waals surface area contributed by atoms with Crippen LogP contribution in [0.4, 0.5) is 5.13 Å². The van der Waals surface area contributed by atoms with Gasteiger partial charge in [-0.2, -0.15) is 16.8 Å². The maximum atomic E-state index is 12.0. The maximum Gasteiger partial charge on any atom is 0.255 e. The highest BCUT2D eigenvalue weighted by Crippen LogP contribution is 2.22. The molecule has 0 aliphatic carbocycles. The number of thioether (sulfide) groups is 1. The van der Waals surface area contributed by atoms with Crippen LogP contribution >= 0.6 is 23.1 Å². The van der Waals surface area contributed by atoms with E-state index >= 15 is 0 Å². The zero-order valence-corrected chi connectivity index (χ0v) is 14.7. The number of benzene rings is 1. The number of carbonyl (C=O) groups is 1. The van der Waals surface area contributed by atoms with Crippen molar-refractivity contribution in [1.29, 1.82) is 0 Å². The molecule has 8 heteroatoms. The molecule has 0 atom stereocenters. The lowest BCUT2D eigenvalue weighted by Crippen LogP contribution is -2.22. The van der Waals surface area contributed by atoms with Crippen LogP contribution in [0.2, 0.25) is 0 Å². The number of aliphatic imine (C=N–C) groups is 1. The molecule has 1 aromatic heterocycles. The Labute approximate surface area is 149 Å². The number of nitrogens with two attached hydrogens (primary N) is 2. The van der Waals surface area contributed by atoms with Crippen molar-refractivity contribution in [1.82, 2.24) is 10.3 Å². The smallest absolute Gasteiger partial charge is 0.255 e. The minimum atomic E-state index is -0.132. The summed E-state index contributed by atoms with van der Waals surface area (Å²) in [6.07, 6.45) is 0.703. The van der Waals surface area contributed by atoms with Gasteiger partial charge in [0.1, 0.15) is 0 Å². The predicted molar refractivity (Wildman–Crippen MR) is 101 cm³/mol. The Hall–Kier alpha value is -2.32. The molecule has 0 aliphatic heterocycles. The second-order valence-electron chi connectivity index (χ2n) is 4.88. The number of allylic oxidation sites excluding steroid dienone is 1. The fourth-order valence-corrected chi connectivity index (χ4v) is 3.48. The lowest BCUT2D eigenvalue weighted by molar-refractivity contribution is 0.0965. The summed E-state index contributed by atoms with van der Waals surface area (Å²) in [5, 5.41) is 5.31. The summed E-state index contributed by atoms with van der Waals surface area (Å²) in [6, 6.07) is 9.08. The molecule has 126 valence electrons. The van der Waals surface area contributed by atoms with Crippen molar-refractivity contribution in [3.8, 4) is 0 Å². The lowest BCUT2D eigenvalue weighted by Gasteiger charge is -2.08. The highest BCUT2D eigenvalue weighted by Gasteiger charge is 2.06. The van der Waals surface area contributed by atoms with Crippen LogP contribution < -0.4 is 16.8 Å². The van der Waals surface area contributed by atoms with E-state index in [4.69, 9.17) is 11.5 Å². The minimum absolute atomic E-state index is 0.00834. The molecule has 0 saturated carbocycles. The molecule has 0 bridgehead atoms. The molecule has 2 rings (SSSR count). The monoisotopic (exact) mass is 361 g/mol. The van der Waals surface area contributed by atoms with E-state index in [1.54, 1.807) is 23.9 Å². The van der Waals surface area contributed by atoms with Crippen molar-refractivity contribution in [2.45, 2.75) is 12.2 Å². The molecule has 1 amide bonds. The molecule has 0 fully saturated rings. The highest BCUT2D eigenvalue weighted by molar-refractivity contribution is 7.98. The van der Waals surface area contributed by atoms with E-state index in [0.717, 1.165) is 17.2 Å². The van der Waals surface area contributed by atoms with E-state index in [2.05, 4.69) is 21.9 Å². The predicted octanol–water partition coefficient (Wildman–Crippen LogP) is 2.62. The number of rotatable bonds is 8. The fraction of sp³-hybridized carbons (Fsp3) is 0.188. The van der Waals surface area contributed by atoms with Crippen LogP contribution in [0.25, 0.3) is 0 Å². The second-order valence-corrected chi connectivity index (χ2v) is 6.83. The Morgan fingerprint density at radius 2 is 2.08 bits per heavy atom. The molecule has 24 heavy (non-hydrogen) atoms. The van der Waals surface area contributed by atoms with Crippen molar-refractivity contribution in [3.05, 3.63) is 59.2 Å². The zero-order chi connectivity index (χ0) is 17.4. The standard InChI is InChI=1S/C16H19N5OS2/c1-11(19-14(22)12-5-3-2-4-6-12)7-8-23-9-13-10-24-16(20-13)21-15(17)18/h2-6,10H,1,7-9H2,(H,19,22)(H4,17,18,20,21). The maximum absolute atomic E-state index is 12.0. The largest absolute Gasteiger partial charge is 0.370 e. The Morgan fingerprint density at radius 1 is 1.33 bits per heavy atom. The third-order valence-corrected chi connectivity index (χ3v) is 4.66. The first-order chi connectivity index (χ1) is 11.5. The van der Waals surface area contributed by atoms with Crippen molar-refractivity contribution in [2.75, 3.05) is 5.75 Å². The Kier molecular flexibility index (Phi) is 6.83. The number of hydrogen-bond acceptors (Lipinski definition) is 5. The highest BCUT2D eigenvalue weighted by atomic mass is 32.2. The summed E-state index contributed by atoms with van der Waals surface area (Å²) in [5.74, 6) is 1.47. The van der Waals surface area contributed by atoms with Gasteiger partial charge in [-0.15, -0.1) is 11.3 Å². The molecule has 1 aromatic carbocycles. The Balaban J connectivity index is 1.68. The van der Waals surface area contributed by atoms with Crippen molar-refractivity contribution >= 4 is 40.1 Å². The molecule has 0 spiro atoms. The summed E-state index contributed by atoms with van der Waals surface area (Å²) in [6.45, 7) is 3.90. The van der Waals surface area contributed by atoms with Crippen molar-refractivity contribution < 1.29 is 4.79 Å². The molecular weight excluding hydrogens is 342 g/mol. The van der Waals surface area contributed by atoms with Gasteiger partial charge in [0.15, 0.2) is 5.96 Å². The molecule has 0 saturated heterocycles. The van der Waals surface area contributed by atoms with Gasteiger partial charge in [-0.3, -0.25) is 4.79 Å². The summed E-state index contributed by atoms with van der Waals surface area (Å²) >= 11 is 3.11. The van der Waals surface area contributed by atoms with E-state index in [-0.39, 0.29) is 11.9 Å². The average Bonchev–Trinajstić information content (AvgIpc) is 2.99. The third kappa shape index (κ3) is 6.05. The molecule has 6 nitrogen and oxygen atoms in total. The first-order valence-corrected chi connectivity index (χ1v) is 9.24. The fourth-order valence-electron chi connectivity index (χ4n) is 1.78. The van der Waals surface area contributed by atoms with Crippen LogP contribution in [-0.4, -0.2) is 22.6 Å². The second kappa shape index (κ2) is 9.09. The number of nitrogens with one attached hydrogen (secondary N) is 1. The average molecular weight is 361 g/mol. The number of thiazole rings is 1. The van der Waals surface area contributed by atoms with Crippen LogP contribution in [0, 0.1) is 0 Å².